The lowest BCUT2D eigenvalue weighted by atomic mass is 10.1. The minimum absolute atomic E-state index is 0.0829. The highest BCUT2D eigenvalue weighted by molar-refractivity contribution is 5.85. The molecule has 0 radical (unpaired) electrons. The number of para-hydroxylation sites is 1. The Hall–Kier alpha value is -2.95. The van der Waals surface area contributed by atoms with Gasteiger partial charge in [-0.05, 0) is 37.1 Å². The Kier molecular flexibility index (Phi) is 4.70. The van der Waals surface area contributed by atoms with E-state index in [2.05, 4.69) is 20.3 Å². The predicted molar refractivity (Wildman–Crippen MR) is 94.9 cm³/mol. The minimum Gasteiger partial charge on any atom is -0.378 e. The number of nitrogens with one attached hydrogen (secondary N) is 2. The fourth-order valence-corrected chi connectivity index (χ4v) is 2.63. The molecule has 0 saturated carbocycles. The number of aryl methyl sites for hydroxylation is 2. The molecule has 3 rings (SSSR count). The van der Waals surface area contributed by atoms with Crippen molar-refractivity contribution in [3.8, 4) is 11.4 Å². The molecule has 2 N–H and O–H groups in total. The maximum Gasteiger partial charge on any atom is 0.159 e. The third-order valence-electron chi connectivity index (χ3n) is 3.88. The molecule has 2 aromatic heterocycles. The largest absolute Gasteiger partial charge is 0.378 e. The zero-order valence-corrected chi connectivity index (χ0v) is 13.8. The highest BCUT2D eigenvalue weighted by Crippen LogP contribution is 2.19. The summed E-state index contributed by atoms with van der Waals surface area (Å²) in [6, 6.07) is 11.8. The molecule has 1 aromatic carbocycles. The first-order chi connectivity index (χ1) is 11.6. The number of ketones is 1. The Morgan fingerprint density at radius 3 is 2.58 bits per heavy atom. The summed E-state index contributed by atoms with van der Waals surface area (Å²) >= 11 is 0. The number of carbonyl (C=O) groups excluding carboxylic acids is 1. The second-order valence-electron chi connectivity index (χ2n) is 5.79. The molecule has 0 aliphatic rings. The Morgan fingerprint density at radius 2 is 1.88 bits per heavy atom. The second kappa shape index (κ2) is 7.08. The van der Waals surface area contributed by atoms with E-state index in [1.54, 1.807) is 12.4 Å². The van der Waals surface area contributed by atoms with E-state index in [0.717, 1.165) is 28.2 Å². The van der Waals surface area contributed by atoms with E-state index in [1.165, 1.54) is 0 Å². The third-order valence-corrected chi connectivity index (χ3v) is 3.88. The van der Waals surface area contributed by atoms with E-state index in [-0.39, 0.29) is 18.7 Å². The normalized spacial score (nSPS) is 10.6. The summed E-state index contributed by atoms with van der Waals surface area (Å²) in [4.78, 5) is 23.9. The SMILES string of the molecule is Cc1cccc(C)c1NCC(=O)Cc1ncc(-c2ccccn2)[nH]1. The standard InChI is InChI=1S/C19H20N4O/c1-13-6-5-7-14(2)19(13)22-11-15(24)10-18-21-12-17(23-18)16-8-3-4-9-20-16/h3-9,12,22H,10-11H2,1-2H3,(H,21,23). The Bertz CT molecular complexity index is 819. The number of hydrogen-bond donors (Lipinski definition) is 2. The van der Waals surface area contributed by atoms with Gasteiger partial charge < -0.3 is 10.3 Å². The molecule has 0 aliphatic carbocycles. The summed E-state index contributed by atoms with van der Waals surface area (Å²) in [6.07, 6.45) is 3.71. The molecule has 0 unspecified atom stereocenters. The molecule has 122 valence electrons. The number of Topliss-reactive ketones (excluding diaryl/α,β-unsaturated/α-hetero) is 1. The fourth-order valence-electron chi connectivity index (χ4n) is 2.63. The van der Waals surface area contributed by atoms with Crippen molar-refractivity contribution >= 4 is 11.5 Å². The van der Waals surface area contributed by atoms with E-state index in [1.807, 2.05) is 50.2 Å². The highest BCUT2D eigenvalue weighted by atomic mass is 16.1. The molecule has 0 saturated heterocycles. The average Bonchev–Trinajstić information content (AvgIpc) is 3.03. The quantitative estimate of drug-likeness (QED) is 0.731. The molecule has 0 fully saturated rings. The maximum absolute atomic E-state index is 12.2. The average molecular weight is 320 g/mol. The van der Waals surface area contributed by atoms with E-state index in [4.69, 9.17) is 0 Å². The van der Waals surface area contributed by atoms with Gasteiger partial charge in [0.25, 0.3) is 0 Å². The van der Waals surface area contributed by atoms with Gasteiger partial charge in [0.15, 0.2) is 5.78 Å². The van der Waals surface area contributed by atoms with Gasteiger partial charge in [-0.15, -0.1) is 0 Å². The smallest absolute Gasteiger partial charge is 0.159 e. The van der Waals surface area contributed by atoms with Crippen LogP contribution in [-0.4, -0.2) is 27.3 Å². The van der Waals surface area contributed by atoms with Gasteiger partial charge in [-0.1, -0.05) is 24.3 Å². The maximum atomic E-state index is 12.2. The highest BCUT2D eigenvalue weighted by Gasteiger charge is 2.10. The van der Waals surface area contributed by atoms with Crippen LogP contribution in [0.5, 0.6) is 0 Å². The summed E-state index contributed by atoms with van der Waals surface area (Å²) in [5.74, 6) is 0.739. The minimum atomic E-state index is 0.0829. The number of carbonyl (C=O) groups is 1. The Balaban J connectivity index is 1.61. The van der Waals surface area contributed by atoms with Crippen LogP contribution in [0.3, 0.4) is 0 Å². The molecule has 0 spiro atoms. The topological polar surface area (TPSA) is 70.7 Å². The molecular formula is C19H20N4O. The lowest BCUT2D eigenvalue weighted by Crippen LogP contribution is -2.17. The van der Waals surface area contributed by atoms with E-state index < -0.39 is 0 Å². The van der Waals surface area contributed by atoms with Crippen molar-refractivity contribution in [2.24, 2.45) is 0 Å². The summed E-state index contributed by atoms with van der Waals surface area (Å²) in [5, 5.41) is 3.24. The summed E-state index contributed by atoms with van der Waals surface area (Å²) in [5.41, 5.74) is 4.94. The Morgan fingerprint density at radius 1 is 1.08 bits per heavy atom. The lowest BCUT2D eigenvalue weighted by Gasteiger charge is -2.11. The first-order valence-corrected chi connectivity index (χ1v) is 7.90. The number of pyridine rings is 1. The molecular weight excluding hydrogens is 300 g/mol. The van der Waals surface area contributed by atoms with Gasteiger partial charge in [0.1, 0.15) is 5.82 Å². The lowest BCUT2D eigenvalue weighted by molar-refractivity contribution is -0.116. The van der Waals surface area contributed by atoms with Crippen molar-refractivity contribution in [2.75, 3.05) is 11.9 Å². The van der Waals surface area contributed by atoms with Gasteiger partial charge in [0.2, 0.25) is 0 Å². The number of anilines is 1. The van der Waals surface area contributed by atoms with Crippen LogP contribution in [0.15, 0.2) is 48.8 Å². The summed E-state index contributed by atoms with van der Waals surface area (Å²) < 4.78 is 0. The van der Waals surface area contributed by atoms with Gasteiger partial charge >= 0.3 is 0 Å². The van der Waals surface area contributed by atoms with E-state index >= 15 is 0 Å². The zero-order valence-electron chi connectivity index (χ0n) is 13.8. The molecule has 5 heteroatoms. The van der Waals surface area contributed by atoms with Crippen molar-refractivity contribution in [1.29, 1.82) is 0 Å². The molecule has 0 aliphatic heterocycles. The molecule has 0 bridgehead atoms. The zero-order chi connectivity index (χ0) is 16.9. The van der Waals surface area contributed by atoms with Crippen molar-refractivity contribution in [3.05, 3.63) is 65.7 Å². The summed E-state index contributed by atoms with van der Waals surface area (Å²) in [6.45, 7) is 4.35. The second-order valence-corrected chi connectivity index (χ2v) is 5.79. The Labute approximate surface area is 141 Å². The predicted octanol–water partition coefficient (Wildman–Crippen LogP) is 3.31. The van der Waals surface area contributed by atoms with Crippen LogP contribution in [0.2, 0.25) is 0 Å². The van der Waals surface area contributed by atoms with Crippen molar-refractivity contribution in [3.63, 3.8) is 0 Å². The van der Waals surface area contributed by atoms with Crippen molar-refractivity contribution in [2.45, 2.75) is 20.3 Å². The first-order valence-electron chi connectivity index (χ1n) is 7.90. The van der Waals surface area contributed by atoms with Gasteiger partial charge in [-0.25, -0.2) is 4.98 Å². The van der Waals surface area contributed by atoms with Crippen LogP contribution in [-0.2, 0) is 11.2 Å². The van der Waals surface area contributed by atoms with Crippen molar-refractivity contribution in [1.82, 2.24) is 15.0 Å². The van der Waals surface area contributed by atoms with Crippen LogP contribution >= 0.6 is 0 Å². The molecule has 24 heavy (non-hydrogen) atoms. The van der Waals surface area contributed by atoms with Crippen LogP contribution in [0, 0.1) is 13.8 Å². The third kappa shape index (κ3) is 3.68. The van der Waals surface area contributed by atoms with Crippen LogP contribution in [0.4, 0.5) is 5.69 Å². The van der Waals surface area contributed by atoms with Gasteiger partial charge in [0, 0.05) is 11.9 Å². The fraction of sp³-hybridized carbons (Fsp3) is 0.211. The number of H-pyrrole nitrogens is 1. The number of nitrogens with zero attached hydrogens (tertiary/aromatic N) is 2. The van der Waals surface area contributed by atoms with Gasteiger partial charge in [0.05, 0.1) is 30.6 Å². The molecule has 0 amide bonds. The number of aromatic amines is 1. The number of imidazole rings is 1. The van der Waals surface area contributed by atoms with Crippen LogP contribution < -0.4 is 5.32 Å². The molecule has 0 atom stereocenters. The number of rotatable bonds is 6. The summed E-state index contributed by atoms with van der Waals surface area (Å²) in [7, 11) is 0. The van der Waals surface area contributed by atoms with Gasteiger partial charge in [-0.2, -0.15) is 0 Å². The van der Waals surface area contributed by atoms with Crippen LogP contribution in [0.25, 0.3) is 11.4 Å². The molecule has 3 aromatic rings. The first kappa shape index (κ1) is 15.9. The number of benzene rings is 1. The van der Waals surface area contributed by atoms with Crippen LogP contribution in [0.1, 0.15) is 17.0 Å². The molecule has 2 heterocycles. The monoisotopic (exact) mass is 320 g/mol. The molecule has 5 nitrogen and oxygen atoms in total. The van der Waals surface area contributed by atoms with E-state index in [9.17, 15) is 4.79 Å². The van der Waals surface area contributed by atoms with Crippen molar-refractivity contribution < 1.29 is 4.79 Å². The van der Waals surface area contributed by atoms with Gasteiger partial charge in [-0.3, -0.25) is 9.78 Å². The van der Waals surface area contributed by atoms with E-state index in [0.29, 0.717) is 5.82 Å². The number of aromatic nitrogens is 3. The number of hydrogen-bond acceptors (Lipinski definition) is 4.